The van der Waals surface area contributed by atoms with Crippen LogP contribution in [-0.4, -0.2) is 81.1 Å². The number of hydrogen-bond donors (Lipinski definition) is 4. The quantitative estimate of drug-likeness (QED) is 0.316. The van der Waals surface area contributed by atoms with E-state index >= 15 is 0 Å². The summed E-state index contributed by atoms with van der Waals surface area (Å²) in [7, 11) is 2.90. The van der Waals surface area contributed by atoms with Gasteiger partial charge in [0.2, 0.25) is 5.91 Å². The van der Waals surface area contributed by atoms with E-state index in [1.165, 1.54) is 19.0 Å². The van der Waals surface area contributed by atoms with Gasteiger partial charge in [0.1, 0.15) is 5.75 Å². The van der Waals surface area contributed by atoms with Crippen molar-refractivity contribution in [1.82, 2.24) is 4.90 Å². The van der Waals surface area contributed by atoms with Gasteiger partial charge in [0.05, 0.1) is 29.5 Å². The van der Waals surface area contributed by atoms with Gasteiger partial charge in [0, 0.05) is 11.5 Å². The topological polar surface area (TPSA) is 175 Å². The third kappa shape index (κ3) is 3.71. The minimum Gasteiger partial charge on any atom is -0.507 e. The number of rotatable bonds is 4. The van der Waals surface area contributed by atoms with E-state index in [1.54, 1.807) is 31.2 Å². The lowest BCUT2D eigenvalue weighted by Crippen LogP contribution is -2.77. The molecule has 0 saturated heterocycles. The second-order valence-corrected chi connectivity index (χ2v) is 11.1. The minimum absolute atomic E-state index is 0.137. The number of benzene rings is 2. The maximum absolute atomic E-state index is 14.0. The molecular formula is C30H30N2O8. The van der Waals surface area contributed by atoms with Crippen molar-refractivity contribution in [2.24, 2.45) is 29.4 Å². The number of phenolic OH excluding ortho intramolecular Hbond substituents is 1. The molecule has 0 aromatic heterocycles. The minimum atomic E-state index is -3.02. The fourth-order valence-corrected chi connectivity index (χ4v) is 6.89. The van der Waals surface area contributed by atoms with Crippen LogP contribution in [0.2, 0.25) is 0 Å². The number of phenols is 1. The summed E-state index contributed by atoms with van der Waals surface area (Å²) in [4.78, 5) is 68.0. The van der Waals surface area contributed by atoms with Gasteiger partial charge in [0.25, 0.3) is 0 Å². The smallest absolute Gasteiger partial charge is 0.235 e. The lowest BCUT2D eigenvalue weighted by Gasteiger charge is -2.56. The van der Waals surface area contributed by atoms with E-state index in [0.717, 1.165) is 5.56 Å². The van der Waals surface area contributed by atoms with Gasteiger partial charge in [-0.3, -0.25) is 28.9 Å². The van der Waals surface area contributed by atoms with E-state index in [-0.39, 0.29) is 11.3 Å². The van der Waals surface area contributed by atoms with Gasteiger partial charge in [-0.05, 0) is 31.1 Å². The highest BCUT2D eigenvalue weighted by Gasteiger charge is 2.72. The number of ketones is 4. The average Bonchev–Trinajstić information content (AvgIpc) is 2.90. The highest BCUT2D eigenvalue weighted by Crippen LogP contribution is 2.54. The normalized spacial score (nSPS) is 33.6. The number of carbonyl (C=O) groups excluding carboxylic acids is 5. The molecule has 10 nitrogen and oxygen atoms in total. The predicted octanol–water partition coefficient (Wildman–Crippen LogP) is 0.569. The summed E-state index contributed by atoms with van der Waals surface area (Å²) in [6, 6.07) is 11.1. The molecule has 0 aliphatic heterocycles. The zero-order valence-electron chi connectivity index (χ0n) is 22.1. The molecule has 8 atom stereocenters. The number of nitrogens with two attached hydrogens (primary N) is 1. The summed E-state index contributed by atoms with van der Waals surface area (Å²) < 4.78 is 0. The maximum Gasteiger partial charge on any atom is 0.235 e. The Hall–Kier alpha value is -3.99. The van der Waals surface area contributed by atoms with Crippen LogP contribution in [0, 0.1) is 23.7 Å². The highest BCUT2D eigenvalue weighted by molar-refractivity contribution is 6.32. The third-order valence-electron chi connectivity index (χ3n) is 8.78. The molecule has 3 aliphatic rings. The van der Waals surface area contributed by atoms with Crippen LogP contribution in [-0.2, 0) is 19.2 Å². The molecule has 5 N–H and O–H groups in total. The zero-order valence-corrected chi connectivity index (χ0v) is 22.1. The third-order valence-corrected chi connectivity index (χ3v) is 8.78. The Labute approximate surface area is 230 Å². The van der Waals surface area contributed by atoms with Crippen molar-refractivity contribution >= 4 is 41.2 Å². The molecule has 2 saturated carbocycles. The molecule has 3 aliphatic carbocycles. The van der Waals surface area contributed by atoms with E-state index in [4.69, 9.17) is 5.73 Å². The van der Waals surface area contributed by atoms with E-state index in [0.29, 0.717) is 11.1 Å². The van der Waals surface area contributed by atoms with Gasteiger partial charge in [-0.1, -0.05) is 61.5 Å². The second kappa shape index (κ2) is 9.58. The van der Waals surface area contributed by atoms with Gasteiger partial charge in [-0.15, -0.1) is 0 Å². The largest absolute Gasteiger partial charge is 0.507 e. The number of aliphatic hydroxyl groups excluding tert-OH is 1. The molecule has 0 bridgehead atoms. The van der Waals surface area contributed by atoms with Crippen molar-refractivity contribution in [3.05, 3.63) is 64.7 Å². The van der Waals surface area contributed by atoms with Crippen LogP contribution in [0.1, 0.15) is 39.9 Å². The Morgan fingerprint density at radius 3 is 2.25 bits per heavy atom. The Bertz CT molecular complexity index is 1480. The number of likely N-dealkylation sites (N-methyl/N-ethyl adjacent to an activating group) is 1. The molecule has 40 heavy (non-hydrogen) atoms. The predicted molar refractivity (Wildman–Crippen MR) is 143 cm³/mol. The molecule has 0 heterocycles. The number of aromatic hydroxyl groups is 1. The first-order valence-corrected chi connectivity index (χ1v) is 13.0. The Morgan fingerprint density at radius 2 is 1.65 bits per heavy atom. The monoisotopic (exact) mass is 546 g/mol. The average molecular weight is 547 g/mol. The van der Waals surface area contributed by atoms with Crippen LogP contribution >= 0.6 is 0 Å². The molecule has 5 rings (SSSR count). The van der Waals surface area contributed by atoms with Crippen molar-refractivity contribution in [3.63, 3.8) is 0 Å². The van der Waals surface area contributed by atoms with E-state index in [2.05, 4.69) is 0 Å². The van der Waals surface area contributed by atoms with Crippen LogP contribution in [0.5, 0.6) is 5.75 Å². The molecule has 10 heteroatoms. The first kappa shape index (κ1) is 27.6. The van der Waals surface area contributed by atoms with E-state index < -0.39 is 76.4 Å². The lowest BCUT2D eigenvalue weighted by atomic mass is 9.49. The number of fused-ring (bicyclic) bond motifs is 3. The first-order chi connectivity index (χ1) is 18.8. The standard InChI is InChI=1S/C30H30N2O8/c1-13-16-12-11-15(10-9-14-7-5-4-6-8-14)23(33)18(16)24(34)19-17(13)25(35)21-22(32(2)3)26(36)20(29(31)39)28(38)30(21,40)27(19)37/h4-13,17,19-22,25,33,35,40H,1-3H3,(H2,31,39)/t13?,17?,19?,20?,21?,22-,25?,30-/m0/s1. The van der Waals surface area contributed by atoms with Crippen LogP contribution in [0.3, 0.4) is 0 Å². The van der Waals surface area contributed by atoms with Crippen LogP contribution in [0.15, 0.2) is 42.5 Å². The van der Waals surface area contributed by atoms with Gasteiger partial charge in [-0.2, -0.15) is 0 Å². The molecule has 208 valence electrons. The van der Waals surface area contributed by atoms with Gasteiger partial charge < -0.3 is 21.1 Å². The number of amides is 1. The van der Waals surface area contributed by atoms with Gasteiger partial charge in [0.15, 0.2) is 34.7 Å². The van der Waals surface area contributed by atoms with Crippen LogP contribution < -0.4 is 5.73 Å². The fraction of sp³-hybridized carbons (Fsp3) is 0.367. The van der Waals surface area contributed by atoms with Crippen molar-refractivity contribution in [3.8, 4) is 5.75 Å². The second-order valence-electron chi connectivity index (χ2n) is 11.1. The Morgan fingerprint density at radius 1 is 1.00 bits per heavy atom. The van der Waals surface area contributed by atoms with Crippen molar-refractivity contribution in [2.45, 2.75) is 30.6 Å². The van der Waals surface area contributed by atoms with Crippen LogP contribution in [0.4, 0.5) is 0 Å². The first-order valence-electron chi connectivity index (χ1n) is 13.0. The summed E-state index contributed by atoms with van der Waals surface area (Å²) in [5, 5.41) is 34.5. The summed E-state index contributed by atoms with van der Waals surface area (Å²) in [6.07, 6.45) is 1.70. The highest BCUT2D eigenvalue weighted by atomic mass is 16.3. The SMILES string of the molecule is CC1c2ccc(C=Cc3ccccc3)c(O)c2C(=O)C2C(=O)[C@]3(O)C(=O)C(C(N)=O)C(=O)[C@@H](N(C)C)C3C(O)C21. The molecule has 6 unspecified atom stereocenters. The van der Waals surface area contributed by atoms with Crippen molar-refractivity contribution in [2.75, 3.05) is 14.1 Å². The molecule has 2 fully saturated rings. The van der Waals surface area contributed by atoms with Crippen LogP contribution in [0.25, 0.3) is 12.2 Å². The zero-order chi connectivity index (χ0) is 29.3. The fourth-order valence-electron chi connectivity index (χ4n) is 6.89. The molecule has 2 aromatic rings. The lowest BCUT2D eigenvalue weighted by molar-refractivity contribution is -0.196. The molecule has 2 aromatic carbocycles. The number of aliphatic hydroxyl groups is 2. The van der Waals surface area contributed by atoms with E-state index in [9.17, 15) is 39.3 Å². The number of hydrogen-bond acceptors (Lipinski definition) is 9. The molecule has 0 spiro atoms. The van der Waals surface area contributed by atoms with Gasteiger partial charge in [-0.25, -0.2) is 0 Å². The Kier molecular flexibility index (Phi) is 6.60. The number of nitrogens with zero attached hydrogens (tertiary/aromatic N) is 1. The number of Topliss-reactive ketones (excluding diaryl/α,β-unsaturated/α-hetero) is 4. The van der Waals surface area contributed by atoms with E-state index in [1.807, 2.05) is 30.3 Å². The molecule has 1 amide bonds. The van der Waals surface area contributed by atoms with Crippen molar-refractivity contribution < 1.29 is 39.3 Å². The maximum atomic E-state index is 14.0. The summed E-state index contributed by atoms with van der Waals surface area (Å²) in [5.74, 6) is -13.4. The number of carbonyl (C=O) groups is 5. The number of primary amides is 1. The van der Waals surface area contributed by atoms with Gasteiger partial charge >= 0.3 is 0 Å². The summed E-state index contributed by atoms with van der Waals surface area (Å²) in [6.45, 7) is 1.67. The van der Waals surface area contributed by atoms with Crippen molar-refractivity contribution in [1.29, 1.82) is 0 Å². The Balaban J connectivity index is 1.64. The summed E-state index contributed by atoms with van der Waals surface area (Å²) >= 11 is 0. The molecule has 0 radical (unpaired) electrons. The molecular weight excluding hydrogens is 516 g/mol. The summed E-state index contributed by atoms with van der Waals surface area (Å²) in [5.41, 5.74) is 3.73.